The molecular formula is C22H24Cl4N2O. The van der Waals surface area contributed by atoms with Crippen LogP contribution in [-0.2, 0) is 23.2 Å². The third-order valence-corrected chi connectivity index (χ3v) is 6.96. The van der Waals surface area contributed by atoms with Crippen molar-refractivity contribution in [3.8, 4) is 0 Å². The number of carbonyl (C=O) groups excluding carboxylic acids is 1. The van der Waals surface area contributed by atoms with E-state index >= 15 is 0 Å². The third-order valence-electron chi connectivity index (χ3n) is 5.86. The molecule has 0 amide bonds. The summed E-state index contributed by atoms with van der Waals surface area (Å²) in [5.74, 6) is 0.140. The smallest absolute Gasteiger partial charge is 0.163 e. The van der Waals surface area contributed by atoms with Gasteiger partial charge >= 0.3 is 0 Å². The Bertz CT molecular complexity index is 898. The van der Waals surface area contributed by atoms with Gasteiger partial charge < -0.3 is 4.90 Å². The normalized spacial score (nSPS) is 21.5. The second kappa shape index (κ2) is 9.55. The maximum absolute atomic E-state index is 13.7. The summed E-state index contributed by atoms with van der Waals surface area (Å²) in [5.41, 5.74) is 2.22. The van der Waals surface area contributed by atoms with Crippen LogP contribution in [0.2, 0.25) is 15.1 Å². The van der Waals surface area contributed by atoms with Gasteiger partial charge in [0.05, 0.1) is 10.0 Å². The number of hydrogen-bond acceptors (Lipinski definition) is 3. The number of benzene rings is 2. The molecule has 0 bridgehead atoms. The van der Waals surface area contributed by atoms with Crippen LogP contribution in [0, 0.1) is 0 Å². The lowest BCUT2D eigenvalue weighted by molar-refractivity contribution is -0.126. The molecule has 1 fully saturated rings. The number of fused-ring (bicyclic) bond motifs is 1. The number of Topliss-reactive ketones (excluding diaryl/α,β-unsaturated/α-hetero) is 1. The predicted octanol–water partition coefficient (Wildman–Crippen LogP) is 5.32. The van der Waals surface area contributed by atoms with E-state index in [0.717, 1.165) is 47.8 Å². The van der Waals surface area contributed by atoms with Crippen LogP contribution in [0.25, 0.3) is 0 Å². The van der Waals surface area contributed by atoms with E-state index in [1.165, 1.54) is 12.8 Å². The zero-order chi connectivity index (χ0) is 19.7. The summed E-state index contributed by atoms with van der Waals surface area (Å²) in [7, 11) is 0. The SMILES string of the molecule is Cl.O=C(Cc1ccc(Cl)c(Cl)c1)C1(CN2CCCC2)NCCc2c(Cl)cccc21. The van der Waals surface area contributed by atoms with E-state index in [1.54, 1.807) is 12.1 Å². The fraction of sp³-hybridized carbons (Fsp3) is 0.409. The molecule has 0 saturated carbocycles. The molecule has 1 N–H and O–H groups in total. The Labute approximate surface area is 193 Å². The lowest BCUT2D eigenvalue weighted by atomic mass is 9.77. The summed E-state index contributed by atoms with van der Waals surface area (Å²) in [5, 5.41) is 5.29. The van der Waals surface area contributed by atoms with Crippen molar-refractivity contribution >= 4 is 53.0 Å². The molecule has 0 radical (unpaired) electrons. The van der Waals surface area contributed by atoms with Crippen LogP contribution in [-0.4, -0.2) is 36.9 Å². The van der Waals surface area contributed by atoms with Crippen molar-refractivity contribution in [3.05, 3.63) is 68.2 Å². The maximum atomic E-state index is 13.7. The van der Waals surface area contributed by atoms with Gasteiger partial charge in [-0.2, -0.15) is 0 Å². The number of hydrogen-bond donors (Lipinski definition) is 1. The van der Waals surface area contributed by atoms with Crippen LogP contribution in [0.1, 0.15) is 29.5 Å². The van der Waals surface area contributed by atoms with Gasteiger partial charge in [-0.15, -0.1) is 12.4 Å². The summed E-state index contributed by atoms with van der Waals surface area (Å²) >= 11 is 18.7. The quantitative estimate of drug-likeness (QED) is 0.637. The second-order valence-electron chi connectivity index (χ2n) is 7.68. The van der Waals surface area contributed by atoms with Gasteiger partial charge in [0.15, 0.2) is 5.78 Å². The largest absolute Gasteiger partial charge is 0.301 e. The Hall–Kier alpha value is -0.810. The summed E-state index contributed by atoms with van der Waals surface area (Å²) in [6, 6.07) is 11.3. The Kier molecular flexibility index (Phi) is 7.53. The van der Waals surface area contributed by atoms with Crippen LogP contribution >= 0.6 is 47.2 Å². The average Bonchev–Trinajstić information content (AvgIpc) is 3.18. The van der Waals surface area contributed by atoms with Gasteiger partial charge in [0.25, 0.3) is 0 Å². The topological polar surface area (TPSA) is 32.3 Å². The Morgan fingerprint density at radius 3 is 2.52 bits per heavy atom. The molecule has 1 atom stereocenters. The van der Waals surface area contributed by atoms with Gasteiger partial charge in [-0.3, -0.25) is 10.1 Å². The Morgan fingerprint density at radius 2 is 1.79 bits per heavy atom. The van der Waals surface area contributed by atoms with Crippen LogP contribution in [0.3, 0.4) is 0 Å². The maximum Gasteiger partial charge on any atom is 0.163 e. The molecule has 2 heterocycles. The van der Waals surface area contributed by atoms with Gasteiger partial charge in [-0.05, 0) is 67.2 Å². The van der Waals surface area contributed by atoms with Crippen LogP contribution in [0.15, 0.2) is 36.4 Å². The highest BCUT2D eigenvalue weighted by atomic mass is 35.5. The van der Waals surface area contributed by atoms with Gasteiger partial charge in [0, 0.05) is 24.5 Å². The predicted molar refractivity (Wildman–Crippen MR) is 123 cm³/mol. The van der Waals surface area contributed by atoms with Crippen LogP contribution < -0.4 is 5.32 Å². The molecule has 156 valence electrons. The number of carbonyl (C=O) groups is 1. The summed E-state index contributed by atoms with van der Waals surface area (Å²) in [6.45, 7) is 3.46. The first-order chi connectivity index (χ1) is 13.5. The van der Waals surface area contributed by atoms with E-state index < -0.39 is 5.54 Å². The number of nitrogens with one attached hydrogen (secondary N) is 1. The number of likely N-dealkylation sites (tertiary alicyclic amines) is 1. The van der Waals surface area contributed by atoms with E-state index in [0.29, 0.717) is 23.0 Å². The van der Waals surface area contributed by atoms with Crippen molar-refractivity contribution in [2.75, 3.05) is 26.2 Å². The minimum Gasteiger partial charge on any atom is -0.301 e. The molecule has 0 aromatic heterocycles. The number of rotatable bonds is 5. The first kappa shape index (κ1) is 22.9. The van der Waals surface area contributed by atoms with E-state index in [9.17, 15) is 4.79 Å². The first-order valence-corrected chi connectivity index (χ1v) is 10.9. The van der Waals surface area contributed by atoms with Gasteiger partial charge in [0.2, 0.25) is 0 Å². The van der Waals surface area contributed by atoms with Crippen LogP contribution in [0.4, 0.5) is 0 Å². The molecule has 2 aliphatic rings. The molecule has 2 aliphatic heterocycles. The van der Waals surface area contributed by atoms with Crippen molar-refractivity contribution in [1.82, 2.24) is 10.2 Å². The third kappa shape index (κ3) is 4.61. The highest BCUT2D eigenvalue weighted by Crippen LogP contribution is 2.36. The zero-order valence-corrected chi connectivity index (χ0v) is 19.1. The summed E-state index contributed by atoms with van der Waals surface area (Å²) in [6.07, 6.45) is 3.49. The van der Waals surface area contributed by atoms with Gasteiger partial charge in [-0.1, -0.05) is 53.0 Å². The minimum absolute atomic E-state index is 0. The number of ketones is 1. The Balaban J connectivity index is 0.00000240. The molecule has 29 heavy (non-hydrogen) atoms. The zero-order valence-electron chi connectivity index (χ0n) is 16.0. The van der Waals surface area contributed by atoms with Crippen molar-refractivity contribution in [1.29, 1.82) is 0 Å². The average molecular weight is 474 g/mol. The lowest BCUT2D eigenvalue weighted by Gasteiger charge is -2.41. The summed E-state index contributed by atoms with van der Waals surface area (Å²) < 4.78 is 0. The van der Waals surface area contributed by atoms with Crippen molar-refractivity contribution in [2.24, 2.45) is 0 Å². The van der Waals surface area contributed by atoms with E-state index in [4.69, 9.17) is 34.8 Å². The van der Waals surface area contributed by atoms with Gasteiger partial charge in [0.1, 0.15) is 5.54 Å². The molecule has 2 aromatic rings. The second-order valence-corrected chi connectivity index (χ2v) is 8.90. The lowest BCUT2D eigenvalue weighted by Crippen LogP contribution is -2.59. The number of nitrogens with zero attached hydrogens (tertiary/aromatic N) is 1. The first-order valence-electron chi connectivity index (χ1n) is 9.72. The van der Waals surface area contributed by atoms with Gasteiger partial charge in [-0.25, -0.2) is 0 Å². The fourth-order valence-corrected chi connectivity index (χ4v) is 5.04. The minimum atomic E-state index is -0.755. The molecule has 0 aliphatic carbocycles. The molecule has 2 aromatic carbocycles. The molecule has 1 unspecified atom stereocenters. The molecule has 3 nitrogen and oxygen atoms in total. The highest BCUT2D eigenvalue weighted by molar-refractivity contribution is 6.42. The van der Waals surface area contributed by atoms with E-state index in [1.807, 2.05) is 18.2 Å². The van der Waals surface area contributed by atoms with Crippen molar-refractivity contribution < 1.29 is 4.79 Å². The Morgan fingerprint density at radius 1 is 1.03 bits per heavy atom. The van der Waals surface area contributed by atoms with E-state index in [-0.39, 0.29) is 18.2 Å². The molecule has 7 heteroatoms. The van der Waals surface area contributed by atoms with Crippen LogP contribution in [0.5, 0.6) is 0 Å². The standard InChI is InChI=1S/C22H23Cl3N2O.ClH/c23-18-5-3-4-17-16(18)8-9-26-22(17,14-27-10-1-2-11-27)21(28)13-15-6-7-19(24)20(25)12-15;/h3-7,12,26H,1-2,8-11,13-14H2;1H. The molecule has 1 saturated heterocycles. The van der Waals surface area contributed by atoms with Crippen molar-refractivity contribution in [2.45, 2.75) is 31.2 Å². The van der Waals surface area contributed by atoms with Crippen molar-refractivity contribution in [3.63, 3.8) is 0 Å². The van der Waals surface area contributed by atoms with E-state index in [2.05, 4.69) is 16.3 Å². The molecule has 0 spiro atoms. The molecule has 4 rings (SSSR count). The highest BCUT2D eigenvalue weighted by Gasteiger charge is 2.44. The monoisotopic (exact) mass is 472 g/mol. The summed E-state index contributed by atoms with van der Waals surface area (Å²) in [4.78, 5) is 16.1. The fourth-order valence-electron chi connectivity index (χ4n) is 4.45. The molecular weight excluding hydrogens is 450 g/mol. The number of halogens is 4.